The third-order valence-electron chi connectivity index (χ3n) is 11.8. The lowest BCUT2D eigenvalue weighted by Gasteiger charge is -2.35. The van der Waals surface area contributed by atoms with Gasteiger partial charge in [-0.1, -0.05) is 188 Å². The molecule has 11 aromatic rings. The van der Waals surface area contributed by atoms with E-state index in [1.807, 2.05) is 6.07 Å². The van der Waals surface area contributed by atoms with Gasteiger partial charge in [-0.05, 0) is 78.7 Å². The van der Waals surface area contributed by atoms with Gasteiger partial charge >= 0.3 is 0 Å². The summed E-state index contributed by atoms with van der Waals surface area (Å²) in [4.78, 5) is 2.44. The summed E-state index contributed by atoms with van der Waals surface area (Å²) in [5.74, 6) is 0. The van der Waals surface area contributed by atoms with Crippen LogP contribution in [0, 0.1) is 0 Å². The van der Waals surface area contributed by atoms with Crippen LogP contribution in [0.15, 0.2) is 229 Å². The summed E-state index contributed by atoms with van der Waals surface area (Å²) < 4.78 is 6.58. The second kappa shape index (κ2) is 13.5. The van der Waals surface area contributed by atoms with E-state index < -0.39 is 8.07 Å². The van der Waals surface area contributed by atoms with Crippen molar-refractivity contribution in [2.75, 3.05) is 4.90 Å². The van der Waals surface area contributed by atoms with Gasteiger partial charge in [0.25, 0.3) is 0 Å². The van der Waals surface area contributed by atoms with Crippen LogP contribution >= 0.6 is 0 Å². The van der Waals surface area contributed by atoms with Crippen molar-refractivity contribution >= 4 is 100 Å². The lowest BCUT2D eigenvalue weighted by atomic mass is 9.99. The van der Waals surface area contributed by atoms with E-state index in [-0.39, 0.29) is 0 Å². The van der Waals surface area contributed by atoms with Gasteiger partial charge in [-0.15, -0.1) is 0 Å². The lowest BCUT2D eigenvalue weighted by molar-refractivity contribution is 0.672. The average molecular weight is 744 g/mol. The minimum atomic E-state index is -2.71. The predicted octanol–water partition coefficient (Wildman–Crippen LogP) is 11.9. The first kappa shape index (κ1) is 33.2. The van der Waals surface area contributed by atoms with Crippen LogP contribution in [0.3, 0.4) is 0 Å². The molecule has 0 bridgehead atoms. The molecule has 1 aromatic heterocycles. The summed E-state index contributed by atoms with van der Waals surface area (Å²) in [6.45, 7) is 0. The molecule has 10 aromatic carbocycles. The van der Waals surface area contributed by atoms with Crippen molar-refractivity contribution in [3.8, 4) is 0 Å². The van der Waals surface area contributed by atoms with Gasteiger partial charge < -0.3 is 9.32 Å². The van der Waals surface area contributed by atoms with Crippen LogP contribution in [0.2, 0.25) is 0 Å². The first-order chi connectivity index (χ1) is 28.3. The average Bonchev–Trinajstić information content (AvgIpc) is 3.67. The second-order valence-electron chi connectivity index (χ2n) is 14.8. The van der Waals surface area contributed by atoms with Crippen LogP contribution in [-0.4, -0.2) is 8.07 Å². The van der Waals surface area contributed by atoms with Crippen LogP contribution in [-0.2, 0) is 0 Å². The summed E-state index contributed by atoms with van der Waals surface area (Å²) in [6, 6.07) is 82.3. The zero-order chi connectivity index (χ0) is 37.8. The van der Waals surface area contributed by atoms with E-state index in [4.69, 9.17) is 4.42 Å². The molecular formula is C54H37NOSi. The Morgan fingerprint density at radius 1 is 0.316 bits per heavy atom. The molecule has 0 saturated carbocycles. The molecule has 2 nitrogen and oxygen atoms in total. The monoisotopic (exact) mass is 743 g/mol. The topological polar surface area (TPSA) is 16.4 Å². The molecule has 3 heteroatoms. The Morgan fingerprint density at radius 3 is 1.47 bits per heavy atom. The summed E-state index contributed by atoms with van der Waals surface area (Å²) in [5, 5.41) is 14.8. The Labute approximate surface area is 332 Å². The number of para-hydroxylation sites is 1. The number of hydrogen-bond donors (Lipinski definition) is 0. The molecule has 0 amide bonds. The highest BCUT2D eigenvalue weighted by Gasteiger charge is 2.41. The van der Waals surface area contributed by atoms with Crippen molar-refractivity contribution in [3.05, 3.63) is 224 Å². The Bertz CT molecular complexity index is 3130. The van der Waals surface area contributed by atoms with Crippen molar-refractivity contribution in [2.45, 2.75) is 0 Å². The summed E-state index contributed by atoms with van der Waals surface area (Å²) in [7, 11) is -2.71. The standard InChI is InChI=1S/C54H37NOSi/c1-4-17-42(18-5-1)57(43-19-6-2-7-20-43,44-21-8-3-9-22-44)45-33-30-40(31-34-45)55(41-32-35-47-39(36-41)29-28-38-16-10-11-23-46(38)47)52-37-51-49-25-14-15-27-53(49)56-54(51)50-26-13-12-24-48(50)52/h1-37H. The molecule has 0 radical (unpaired) electrons. The normalized spacial score (nSPS) is 11.9. The SMILES string of the molecule is c1ccc([Si](c2ccccc2)(c2ccccc2)c2ccc(N(c3ccc4c(ccc5ccccc54)c3)c3cc4c5ccccc5oc4c4ccccc34)cc2)cc1. The van der Waals surface area contributed by atoms with E-state index in [0.29, 0.717) is 0 Å². The van der Waals surface area contributed by atoms with E-state index in [1.54, 1.807) is 0 Å². The van der Waals surface area contributed by atoms with E-state index in [1.165, 1.54) is 42.3 Å². The van der Waals surface area contributed by atoms with Crippen molar-refractivity contribution in [1.29, 1.82) is 0 Å². The maximum atomic E-state index is 6.58. The van der Waals surface area contributed by atoms with E-state index in [2.05, 4.69) is 223 Å². The minimum absolute atomic E-state index is 0.896. The smallest absolute Gasteiger partial charge is 0.179 e. The zero-order valence-electron chi connectivity index (χ0n) is 31.2. The Balaban J connectivity index is 1.18. The molecule has 268 valence electrons. The molecule has 11 rings (SSSR count). The molecule has 57 heavy (non-hydrogen) atoms. The highest BCUT2D eigenvalue weighted by atomic mass is 28.3. The number of nitrogens with zero attached hydrogens (tertiary/aromatic N) is 1. The number of benzene rings is 10. The van der Waals surface area contributed by atoms with Gasteiger partial charge in [-0.3, -0.25) is 0 Å². The molecule has 0 fully saturated rings. The van der Waals surface area contributed by atoms with E-state index in [9.17, 15) is 0 Å². The van der Waals surface area contributed by atoms with Gasteiger partial charge in [0.2, 0.25) is 0 Å². The summed E-state index contributed by atoms with van der Waals surface area (Å²) in [6.07, 6.45) is 0. The molecule has 0 atom stereocenters. The molecule has 1 heterocycles. The maximum Gasteiger partial charge on any atom is 0.179 e. The third kappa shape index (κ3) is 5.31. The molecule has 0 aliphatic carbocycles. The van der Waals surface area contributed by atoms with Crippen molar-refractivity contribution in [3.63, 3.8) is 0 Å². The number of hydrogen-bond acceptors (Lipinski definition) is 2. The van der Waals surface area contributed by atoms with Crippen molar-refractivity contribution < 1.29 is 4.42 Å². The summed E-state index contributed by atoms with van der Waals surface area (Å²) >= 11 is 0. The van der Waals surface area contributed by atoms with Crippen molar-refractivity contribution in [2.24, 2.45) is 0 Å². The quantitative estimate of drug-likeness (QED) is 0.0918. The zero-order valence-corrected chi connectivity index (χ0v) is 32.2. The van der Waals surface area contributed by atoms with Crippen molar-refractivity contribution in [1.82, 2.24) is 0 Å². The van der Waals surface area contributed by atoms with E-state index >= 15 is 0 Å². The number of fused-ring (bicyclic) bond motifs is 8. The van der Waals surface area contributed by atoms with Crippen LogP contribution < -0.4 is 25.6 Å². The highest BCUT2D eigenvalue weighted by molar-refractivity contribution is 7.19. The fourth-order valence-corrected chi connectivity index (χ4v) is 13.9. The third-order valence-corrected chi connectivity index (χ3v) is 16.6. The lowest BCUT2D eigenvalue weighted by Crippen LogP contribution is -2.74. The van der Waals surface area contributed by atoms with Gasteiger partial charge in [0.05, 0.1) is 5.69 Å². The Kier molecular flexibility index (Phi) is 7.87. The fourth-order valence-electron chi connectivity index (χ4n) is 9.20. The molecule has 0 aliphatic heterocycles. The van der Waals surface area contributed by atoms with Crippen LogP contribution in [0.5, 0.6) is 0 Å². The van der Waals surface area contributed by atoms with Crippen LogP contribution in [0.4, 0.5) is 17.1 Å². The number of furan rings is 1. The predicted molar refractivity (Wildman–Crippen MR) is 245 cm³/mol. The highest BCUT2D eigenvalue weighted by Crippen LogP contribution is 2.45. The molecule has 0 aliphatic rings. The Morgan fingerprint density at radius 2 is 0.807 bits per heavy atom. The summed E-state index contributed by atoms with van der Waals surface area (Å²) in [5.41, 5.74) is 5.11. The molecule has 0 spiro atoms. The molecule has 0 N–H and O–H groups in total. The fraction of sp³-hybridized carbons (Fsp3) is 0. The van der Waals surface area contributed by atoms with Gasteiger partial charge in [0.15, 0.2) is 8.07 Å². The minimum Gasteiger partial charge on any atom is -0.455 e. The van der Waals surface area contributed by atoms with Crippen LogP contribution in [0.25, 0.3) is 54.3 Å². The van der Waals surface area contributed by atoms with E-state index in [0.717, 1.165) is 49.8 Å². The van der Waals surface area contributed by atoms with Gasteiger partial charge in [0, 0.05) is 32.9 Å². The first-order valence-electron chi connectivity index (χ1n) is 19.6. The first-order valence-corrected chi connectivity index (χ1v) is 21.6. The second-order valence-corrected chi connectivity index (χ2v) is 18.6. The molecule has 0 unspecified atom stereocenters. The number of anilines is 3. The largest absolute Gasteiger partial charge is 0.455 e. The van der Waals surface area contributed by atoms with Gasteiger partial charge in [0.1, 0.15) is 11.2 Å². The molecule has 0 saturated heterocycles. The van der Waals surface area contributed by atoms with Crippen LogP contribution in [0.1, 0.15) is 0 Å². The number of rotatable bonds is 7. The molecular weight excluding hydrogens is 707 g/mol. The van der Waals surface area contributed by atoms with Gasteiger partial charge in [-0.25, -0.2) is 0 Å². The maximum absolute atomic E-state index is 6.58. The Hall–Kier alpha value is -7.20. The van der Waals surface area contributed by atoms with Gasteiger partial charge in [-0.2, -0.15) is 0 Å².